The predicted molar refractivity (Wildman–Crippen MR) is 170 cm³/mol. The molecule has 7 nitrogen and oxygen atoms in total. The van der Waals surface area contributed by atoms with Crippen molar-refractivity contribution in [1.29, 1.82) is 0 Å². The van der Waals surface area contributed by atoms with Crippen molar-refractivity contribution in [3.8, 4) is 11.5 Å². The molecule has 1 aromatic heterocycles. The van der Waals surface area contributed by atoms with E-state index in [1.165, 1.54) is 17.7 Å². The molecule has 238 valence electrons. The number of methoxy groups -OCH3 is 1. The summed E-state index contributed by atoms with van der Waals surface area (Å²) in [5.74, 6) is 1.17. The van der Waals surface area contributed by atoms with Gasteiger partial charge in [0.2, 0.25) is 0 Å². The predicted octanol–water partition coefficient (Wildman–Crippen LogP) is 7.25. The van der Waals surface area contributed by atoms with Crippen LogP contribution in [-0.2, 0) is 17.5 Å². The maximum Gasteiger partial charge on any atom is 0.416 e. The highest BCUT2D eigenvalue weighted by atomic mass is 19.4. The minimum absolute atomic E-state index is 0.0377. The first-order valence-corrected chi connectivity index (χ1v) is 15.2. The molecule has 0 saturated carbocycles. The molecule has 0 radical (unpaired) electrons. The number of fused-ring (bicyclic) bond motifs is 1. The van der Waals surface area contributed by atoms with Gasteiger partial charge in [-0.05, 0) is 72.1 Å². The third-order valence-electron chi connectivity index (χ3n) is 8.37. The lowest BCUT2D eigenvalue weighted by atomic mass is 9.90. The summed E-state index contributed by atoms with van der Waals surface area (Å²) in [6, 6.07) is 26.5. The fraction of sp³-hybridized carbons (Fsp3) is 0.278. The number of aryl methyl sites for hydroxylation is 1. The summed E-state index contributed by atoms with van der Waals surface area (Å²) in [6.45, 7) is 5.39. The molecule has 1 unspecified atom stereocenters. The Bertz CT molecular complexity index is 1780. The van der Waals surface area contributed by atoms with Crippen LogP contribution in [0.15, 0.2) is 97.2 Å². The van der Waals surface area contributed by atoms with E-state index in [0.29, 0.717) is 36.1 Å². The van der Waals surface area contributed by atoms with Crippen molar-refractivity contribution in [2.45, 2.75) is 25.7 Å². The van der Waals surface area contributed by atoms with Gasteiger partial charge < -0.3 is 14.8 Å². The minimum atomic E-state index is -4.39. The Morgan fingerprint density at radius 3 is 2.24 bits per heavy atom. The highest BCUT2D eigenvalue weighted by molar-refractivity contribution is 6.00. The molecule has 1 aliphatic heterocycles. The normalized spacial score (nSPS) is 14.6. The van der Waals surface area contributed by atoms with Crippen LogP contribution in [0, 0.1) is 12.8 Å². The smallest absolute Gasteiger partial charge is 0.416 e. The van der Waals surface area contributed by atoms with Gasteiger partial charge in [0.25, 0.3) is 5.91 Å². The highest BCUT2D eigenvalue weighted by Gasteiger charge is 2.34. The number of alkyl halides is 3. The Kier molecular flexibility index (Phi) is 9.10. The number of benzene rings is 4. The van der Waals surface area contributed by atoms with Crippen LogP contribution in [-0.4, -0.2) is 53.9 Å². The molecular weight excluding hydrogens is 593 g/mol. The number of carbonyl (C=O) groups is 1. The number of halogens is 3. The zero-order chi connectivity index (χ0) is 32.3. The lowest BCUT2D eigenvalue weighted by molar-refractivity contribution is -0.137. The van der Waals surface area contributed by atoms with E-state index < -0.39 is 11.7 Å². The topological polar surface area (TPSA) is 68.6 Å². The third-order valence-corrected chi connectivity index (χ3v) is 8.37. The molecule has 46 heavy (non-hydrogen) atoms. The third kappa shape index (κ3) is 6.93. The van der Waals surface area contributed by atoms with E-state index in [4.69, 9.17) is 14.6 Å². The van der Waals surface area contributed by atoms with E-state index in [0.717, 1.165) is 53.8 Å². The Balaban J connectivity index is 1.12. The second kappa shape index (κ2) is 13.4. The molecule has 0 spiro atoms. The van der Waals surface area contributed by atoms with E-state index >= 15 is 0 Å². The Hall–Kier alpha value is -4.67. The zero-order valence-corrected chi connectivity index (χ0v) is 25.6. The molecule has 4 aromatic carbocycles. The molecule has 5 aromatic rings. The number of aromatic nitrogens is 2. The molecule has 2 heterocycles. The van der Waals surface area contributed by atoms with Crippen LogP contribution in [0.2, 0.25) is 0 Å². The molecule has 1 saturated heterocycles. The summed E-state index contributed by atoms with van der Waals surface area (Å²) in [7, 11) is 1.60. The van der Waals surface area contributed by atoms with Gasteiger partial charge in [-0.3, -0.25) is 14.4 Å². The number of ether oxygens (including phenoxy) is 2. The molecule has 1 N–H and O–H groups in total. The summed E-state index contributed by atoms with van der Waals surface area (Å²) >= 11 is 0. The molecule has 1 atom stereocenters. The van der Waals surface area contributed by atoms with Gasteiger partial charge in [0.15, 0.2) is 0 Å². The summed E-state index contributed by atoms with van der Waals surface area (Å²) in [5.41, 5.74) is 3.97. The van der Waals surface area contributed by atoms with Gasteiger partial charge in [-0.2, -0.15) is 18.3 Å². The van der Waals surface area contributed by atoms with Crippen LogP contribution in [0.3, 0.4) is 0 Å². The van der Waals surface area contributed by atoms with Crippen molar-refractivity contribution in [2.75, 3.05) is 33.4 Å². The van der Waals surface area contributed by atoms with Crippen molar-refractivity contribution in [3.63, 3.8) is 0 Å². The van der Waals surface area contributed by atoms with Crippen molar-refractivity contribution >= 4 is 16.8 Å². The second-order valence-electron chi connectivity index (χ2n) is 11.6. The van der Waals surface area contributed by atoms with E-state index in [1.54, 1.807) is 7.11 Å². The first kappa shape index (κ1) is 31.3. The number of nitrogens with one attached hydrogen (secondary N) is 1. The van der Waals surface area contributed by atoms with Gasteiger partial charge in [0.05, 0.1) is 23.7 Å². The van der Waals surface area contributed by atoms with Gasteiger partial charge in [-0.25, -0.2) is 0 Å². The van der Waals surface area contributed by atoms with Crippen LogP contribution >= 0.6 is 0 Å². The summed E-state index contributed by atoms with van der Waals surface area (Å²) < 4.78 is 51.6. The summed E-state index contributed by atoms with van der Waals surface area (Å²) in [4.78, 5) is 15.1. The van der Waals surface area contributed by atoms with E-state index in [-0.39, 0.29) is 11.9 Å². The van der Waals surface area contributed by atoms with Gasteiger partial charge >= 0.3 is 6.18 Å². The maximum absolute atomic E-state index is 12.9. The van der Waals surface area contributed by atoms with Gasteiger partial charge in [0, 0.05) is 56.4 Å². The number of likely N-dealkylation sites (tertiary alicyclic amines) is 1. The second-order valence-corrected chi connectivity index (χ2v) is 11.6. The standard InChI is InChI=1S/C36H35F3N4O3/c1-24-31(35(44)40-18-19-45-2)16-17-33-32(24)23-43(41-33)22-25-20-42(21-25)34(26-6-4-3-5-7-26)27-8-12-29(13-9-27)46-30-14-10-28(11-15-30)36(37,38)39/h3-17,23,25,34H,18-22H2,1-2H3,(H,40,44). The minimum Gasteiger partial charge on any atom is -0.457 e. The number of nitrogens with zero attached hydrogens (tertiary/aromatic N) is 3. The number of hydrogen-bond donors (Lipinski definition) is 1. The lowest BCUT2D eigenvalue weighted by Gasteiger charge is -2.44. The SMILES string of the molecule is COCCNC(=O)c1ccc2nn(CC3CN(C(c4ccccc4)c4ccc(Oc5ccc(C(F)(F)F)cc5)cc4)C3)cc2c1C. The number of amides is 1. The average Bonchev–Trinajstić information content (AvgIpc) is 3.45. The fourth-order valence-electron chi connectivity index (χ4n) is 6.00. The molecule has 1 fully saturated rings. The number of carbonyl (C=O) groups excluding carboxylic acids is 1. The van der Waals surface area contributed by atoms with Gasteiger partial charge in [-0.15, -0.1) is 0 Å². The first-order valence-electron chi connectivity index (χ1n) is 15.2. The van der Waals surface area contributed by atoms with Crippen molar-refractivity contribution in [1.82, 2.24) is 20.0 Å². The van der Waals surface area contributed by atoms with Crippen LogP contribution in [0.1, 0.15) is 38.7 Å². The maximum atomic E-state index is 12.9. The average molecular weight is 629 g/mol. The fourth-order valence-corrected chi connectivity index (χ4v) is 6.00. The van der Waals surface area contributed by atoms with Crippen molar-refractivity contribution < 1.29 is 27.4 Å². The molecule has 0 bridgehead atoms. The Morgan fingerprint density at radius 1 is 0.935 bits per heavy atom. The largest absolute Gasteiger partial charge is 0.457 e. The molecule has 1 aliphatic rings. The quantitative estimate of drug-likeness (QED) is 0.156. The van der Waals surface area contributed by atoms with E-state index in [1.807, 2.05) is 72.4 Å². The molecule has 10 heteroatoms. The van der Waals surface area contributed by atoms with E-state index in [2.05, 4.69) is 22.3 Å². The number of rotatable bonds is 11. The van der Waals surface area contributed by atoms with Crippen LogP contribution in [0.5, 0.6) is 11.5 Å². The summed E-state index contributed by atoms with van der Waals surface area (Å²) in [6.07, 6.45) is -2.36. The Morgan fingerprint density at radius 2 is 1.59 bits per heavy atom. The van der Waals surface area contributed by atoms with Gasteiger partial charge in [0.1, 0.15) is 11.5 Å². The Labute approximate surface area is 265 Å². The van der Waals surface area contributed by atoms with E-state index in [9.17, 15) is 18.0 Å². The van der Waals surface area contributed by atoms with Gasteiger partial charge in [-0.1, -0.05) is 42.5 Å². The molecule has 1 amide bonds. The lowest BCUT2D eigenvalue weighted by Crippen LogP contribution is -2.50. The van der Waals surface area contributed by atoms with Crippen LogP contribution in [0.4, 0.5) is 13.2 Å². The first-order chi connectivity index (χ1) is 22.2. The van der Waals surface area contributed by atoms with Crippen molar-refractivity contribution in [2.24, 2.45) is 5.92 Å². The molecule has 6 rings (SSSR count). The highest BCUT2D eigenvalue weighted by Crippen LogP contribution is 2.37. The zero-order valence-electron chi connectivity index (χ0n) is 25.6. The van der Waals surface area contributed by atoms with Crippen LogP contribution < -0.4 is 10.1 Å². The monoisotopic (exact) mass is 628 g/mol. The van der Waals surface area contributed by atoms with Crippen molar-refractivity contribution in [3.05, 3.63) is 125 Å². The summed E-state index contributed by atoms with van der Waals surface area (Å²) in [5, 5.41) is 8.65. The molecule has 0 aliphatic carbocycles. The molecular formula is C36H35F3N4O3. The number of hydrogen-bond acceptors (Lipinski definition) is 5. The van der Waals surface area contributed by atoms with Crippen LogP contribution in [0.25, 0.3) is 10.9 Å².